The van der Waals surface area contributed by atoms with Gasteiger partial charge in [0.2, 0.25) is 11.9 Å². The second-order valence-corrected chi connectivity index (χ2v) is 10.8. The molecular formula is C28H30Cl3N7O. The van der Waals surface area contributed by atoms with Gasteiger partial charge in [-0.1, -0.05) is 66.8 Å². The highest BCUT2D eigenvalue weighted by Crippen LogP contribution is 2.23. The van der Waals surface area contributed by atoms with Crippen molar-refractivity contribution >= 4 is 52.5 Å². The first kappa shape index (κ1) is 28.7. The minimum absolute atomic E-state index is 0.141. The third-order valence-corrected chi connectivity index (χ3v) is 6.92. The van der Waals surface area contributed by atoms with Crippen LogP contribution >= 0.6 is 34.8 Å². The van der Waals surface area contributed by atoms with E-state index in [1.54, 1.807) is 41.5 Å². The quantitative estimate of drug-likeness (QED) is 0.170. The Bertz CT molecular complexity index is 1400. The molecule has 2 heterocycles. The predicted octanol–water partition coefficient (Wildman–Crippen LogP) is 6.77. The van der Waals surface area contributed by atoms with Gasteiger partial charge in [-0.05, 0) is 54.2 Å². The van der Waals surface area contributed by atoms with Crippen molar-refractivity contribution in [3.05, 3.63) is 93.4 Å². The molecule has 4 rings (SSSR count). The molecule has 1 amide bonds. The maximum Gasteiger partial charge on any atom is 0.242 e. The van der Waals surface area contributed by atoms with Crippen molar-refractivity contribution in [2.45, 2.75) is 45.8 Å². The van der Waals surface area contributed by atoms with Crippen molar-refractivity contribution in [1.29, 1.82) is 0 Å². The number of halogens is 3. The Balaban J connectivity index is 1.54. The first-order valence-corrected chi connectivity index (χ1v) is 13.7. The second kappa shape index (κ2) is 13.6. The molecule has 0 fully saturated rings. The molecule has 204 valence electrons. The molecule has 0 radical (unpaired) electrons. The molecule has 0 unspecified atom stereocenters. The number of aromatic nitrogens is 4. The molecule has 8 nitrogen and oxygen atoms in total. The van der Waals surface area contributed by atoms with E-state index < -0.39 is 6.04 Å². The van der Waals surface area contributed by atoms with Crippen LogP contribution in [0.5, 0.6) is 0 Å². The fraction of sp³-hybridized carbons (Fsp3) is 0.286. The largest absolute Gasteiger partial charge is 0.358 e. The van der Waals surface area contributed by atoms with Crippen molar-refractivity contribution in [2.24, 2.45) is 5.92 Å². The molecule has 0 bridgehead atoms. The van der Waals surface area contributed by atoms with E-state index in [9.17, 15) is 4.79 Å². The second-order valence-electron chi connectivity index (χ2n) is 9.52. The van der Waals surface area contributed by atoms with Gasteiger partial charge >= 0.3 is 0 Å². The van der Waals surface area contributed by atoms with Gasteiger partial charge in [0.25, 0.3) is 0 Å². The van der Waals surface area contributed by atoms with Gasteiger partial charge in [0.1, 0.15) is 24.0 Å². The highest BCUT2D eigenvalue weighted by Gasteiger charge is 2.20. The fourth-order valence-electron chi connectivity index (χ4n) is 3.85. The number of carbonyl (C=O) groups is 1. The fourth-order valence-corrected chi connectivity index (χ4v) is 4.39. The molecule has 0 spiro atoms. The Morgan fingerprint density at radius 1 is 0.949 bits per heavy atom. The standard InChI is InChI=1S/C28H30Cl3N7O/c1-18(2)6-9-24(27(39)33-15-20-7-8-22(30)23(31)13-20)35-25-14-26(38-11-10-32-17-38)37-28(36-25)34-16-19-4-3-5-21(29)12-19/h3-5,7-8,10-14,17-18,24H,6,9,15-16H2,1-2H3,(H,33,39)(H2,34,35,36,37)/t24-/m1/s1. The lowest BCUT2D eigenvalue weighted by atomic mass is 10.0. The average Bonchev–Trinajstić information content (AvgIpc) is 3.45. The van der Waals surface area contributed by atoms with Gasteiger partial charge in [0, 0.05) is 36.6 Å². The SMILES string of the molecule is CC(C)CC[C@@H](Nc1cc(-n2ccnc2)nc(NCc2cccc(Cl)c2)n1)C(=O)NCc1ccc(Cl)c(Cl)c1. The van der Waals surface area contributed by atoms with Crippen molar-refractivity contribution in [2.75, 3.05) is 10.6 Å². The lowest BCUT2D eigenvalue weighted by molar-refractivity contribution is -0.122. The molecule has 0 aliphatic rings. The van der Waals surface area contributed by atoms with Gasteiger partial charge in [-0.15, -0.1) is 0 Å². The smallest absolute Gasteiger partial charge is 0.242 e. The van der Waals surface area contributed by atoms with E-state index in [1.165, 1.54) is 0 Å². The Morgan fingerprint density at radius 3 is 2.49 bits per heavy atom. The van der Waals surface area contributed by atoms with E-state index in [0.29, 0.717) is 58.1 Å². The van der Waals surface area contributed by atoms with Crippen LogP contribution in [0.4, 0.5) is 11.8 Å². The highest BCUT2D eigenvalue weighted by molar-refractivity contribution is 6.42. The molecule has 0 aliphatic carbocycles. The third kappa shape index (κ3) is 8.58. The van der Waals surface area contributed by atoms with Crippen LogP contribution in [-0.4, -0.2) is 31.5 Å². The van der Waals surface area contributed by atoms with E-state index in [0.717, 1.165) is 17.5 Å². The summed E-state index contributed by atoms with van der Waals surface area (Å²) in [6, 6.07) is 14.2. The number of benzene rings is 2. The van der Waals surface area contributed by atoms with Crippen molar-refractivity contribution < 1.29 is 4.79 Å². The minimum atomic E-state index is -0.513. The molecule has 39 heavy (non-hydrogen) atoms. The summed E-state index contributed by atoms with van der Waals surface area (Å²) in [6.45, 7) is 5.06. The van der Waals surface area contributed by atoms with Crippen LogP contribution in [0.25, 0.3) is 5.82 Å². The van der Waals surface area contributed by atoms with Crippen LogP contribution in [0.3, 0.4) is 0 Å². The maximum atomic E-state index is 13.3. The number of carbonyl (C=O) groups excluding carboxylic acids is 1. The van der Waals surface area contributed by atoms with Crippen LogP contribution < -0.4 is 16.0 Å². The lowest BCUT2D eigenvalue weighted by Gasteiger charge is -2.21. The number of amides is 1. The number of anilines is 2. The molecular weight excluding hydrogens is 557 g/mol. The number of imidazole rings is 1. The number of nitrogens with one attached hydrogen (secondary N) is 3. The zero-order valence-electron chi connectivity index (χ0n) is 21.7. The summed E-state index contributed by atoms with van der Waals surface area (Å²) in [5.41, 5.74) is 1.85. The lowest BCUT2D eigenvalue weighted by Crippen LogP contribution is -2.39. The molecule has 0 aliphatic heterocycles. The van der Waals surface area contributed by atoms with E-state index in [1.807, 2.05) is 30.3 Å². The molecule has 0 saturated heterocycles. The minimum Gasteiger partial charge on any atom is -0.358 e. The van der Waals surface area contributed by atoms with Crippen molar-refractivity contribution in [3.63, 3.8) is 0 Å². The van der Waals surface area contributed by atoms with Crippen LogP contribution in [0.1, 0.15) is 37.8 Å². The normalized spacial score (nSPS) is 11.8. The Morgan fingerprint density at radius 2 is 1.77 bits per heavy atom. The van der Waals surface area contributed by atoms with E-state index in [2.05, 4.69) is 44.7 Å². The summed E-state index contributed by atoms with van der Waals surface area (Å²) in [7, 11) is 0. The molecule has 0 saturated carbocycles. The number of nitrogens with zero attached hydrogens (tertiary/aromatic N) is 4. The number of rotatable bonds is 12. The molecule has 11 heteroatoms. The maximum absolute atomic E-state index is 13.3. The van der Waals surface area contributed by atoms with Gasteiger partial charge in [0.05, 0.1) is 10.0 Å². The number of hydrogen-bond donors (Lipinski definition) is 3. The summed E-state index contributed by atoms with van der Waals surface area (Å²) in [5.74, 6) is 1.82. The van der Waals surface area contributed by atoms with Crippen LogP contribution in [0.15, 0.2) is 67.3 Å². The van der Waals surface area contributed by atoms with Gasteiger partial charge in [-0.2, -0.15) is 9.97 Å². The van der Waals surface area contributed by atoms with Crippen molar-refractivity contribution in [3.8, 4) is 5.82 Å². The van der Waals surface area contributed by atoms with Crippen LogP contribution in [0.2, 0.25) is 15.1 Å². The Hall–Kier alpha value is -3.33. The van der Waals surface area contributed by atoms with Crippen molar-refractivity contribution in [1.82, 2.24) is 24.8 Å². The monoisotopic (exact) mass is 585 g/mol. The van der Waals surface area contributed by atoms with Crippen LogP contribution in [0, 0.1) is 5.92 Å². The first-order valence-electron chi connectivity index (χ1n) is 12.6. The predicted molar refractivity (Wildman–Crippen MR) is 158 cm³/mol. The van der Waals surface area contributed by atoms with Gasteiger partial charge < -0.3 is 16.0 Å². The zero-order chi connectivity index (χ0) is 27.8. The average molecular weight is 587 g/mol. The first-order chi connectivity index (χ1) is 18.8. The molecule has 2 aromatic heterocycles. The van der Waals surface area contributed by atoms with E-state index in [4.69, 9.17) is 34.8 Å². The molecule has 4 aromatic rings. The third-order valence-electron chi connectivity index (χ3n) is 5.94. The Kier molecular flexibility index (Phi) is 10.0. The zero-order valence-corrected chi connectivity index (χ0v) is 23.9. The molecule has 1 atom stereocenters. The highest BCUT2D eigenvalue weighted by atomic mass is 35.5. The molecule has 3 N–H and O–H groups in total. The van der Waals surface area contributed by atoms with E-state index >= 15 is 0 Å². The van der Waals surface area contributed by atoms with Gasteiger partial charge in [0.15, 0.2) is 0 Å². The topological polar surface area (TPSA) is 96.8 Å². The summed E-state index contributed by atoms with van der Waals surface area (Å²) in [5, 5.41) is 11.2. The number of hydrogen-bond acceptors (Lipinski definition) is 6. The van der Waals surface area contributed by atoms with E-state index in [-0.39, 0.29) is 5.91 Å². The summed E-state index contributed by atoms with van der Waals surface area (Å²) < 4.78 is 1.78. The summed E-state index contributed by atoms with van der Waals surface area (Å²) in [4.78, 5) is 26.7. The summed E-state index contributed by atoms with van der Waals surface area (Å²) >= 11 is 18.3. The van der Waals surface area contributed by atoms with Crippen LogP contribution in [-0.2, 0) is 17.9 Å². The van der Waals surface area contributed by atoms with Gasteiger partial charge in [-0.3, -0.25) is 9.36 Å². The molecule has 2 aromatic carbocycles. The Labute approximate surface area is 243 Å². The summed E-state index contributed by atoms with van der Waals surface area (Å²) in [6.07, 6.45) is 6.62. The van der Waals surface area contributed by atoms with Gasteiger partial charge in [-0.25, -0.2) is 4.98 Å².